The lowest BCUT2D eigenvalue weighted by Gasteiger charge is -2.33. The van der Waals surface area contributed by atoms with Crippen LogP contribution in [0.4, 0.5) is 0 Å². The van der Waals surface area contributed by atoms with Crippen molar-refractivity contribution in [2.75, 3.05) is 26.2 Å². The quantitative estimate of drug-likeness (QED) is 0.843. The molecule has 1 amide bonds. The van der Waals surface area contributed by atoms with Gasteiger partial charge in [-0.25, -0.2) is 0 Å². The Hall–Kier alpha value is -1.10. The van der Waals surface area contributed by atoms with E-state index >= 15 is 0 Å². The van der Waals surface area contributed by atoms with E-state index < -0.39 is 0 Å². The second kappa shape index (κ2) is 9.56. The number of nitrogens with one attached hydrogen (secondary N) is 2. The van der Waals surface area contributed by atoms with Crippen LogP contribution < -0.4 is 10.6 Å². The van der Waals surface area contributed by atoms with Crippen molar-refractivity contribution in [2.24, 2.45) is 5.92 Å². The summed E-state index contributed by atoms with van der Waals surface area (Å²) < 4.78 is 0. The normalized spacial score (nSPS) is 23.9. The third kappa shape index (κ3) is 5.44. The van der Waals surface area contributed by atoms with E-state index in [0.717, 1.165) is 39.0 Å². The number of piperidine rings is 1. The number of carbonyl (C=O) groups is 1. The molecule has 0 spiro atoms. The third-order valence-electron chi connectivity index (χ3n) is 5.57. The van der Waals surface area contributed by atoms with Gasteiger partial charge in [-0.3, -0.25) is 9.69 Å². The number of benzene rings is 1. The Morgan fingerprint density at radius 3 is 2.68 bits per heavy atom. The van der Waals surface area contributed by atoms with Crippen molar-refractivity contribution in [3.05, 3.63) is 34.9 Å². The second-order valence-electron chi connectivity index (χ2n) is 7.51. The molecule has 2 N–H and O–H groups in total. The van der Waals surface area contributed by atoms with Crippen LogP contribution >= 0.6 is 12.4 Å². The fourth-order valence-electron chi connectivity index (χ4n) is 4.06. The first kappa shape index (κ1) is 20.2. The van der Waals surface area contributed by atoms with Gasteiger partial charge in [-0.15, -0.1) is 12.4 Å². The summed E-state index contributed by atoms with van der Waals surface area (Å²) in [5, 5.41) is 6.45. The standard InChI is InChI=1S/C20H31N3O.ClH/c1-15-6-3-7-16(2)18(15)14-23-11-5-8-17(13-23)12-22-20(24)19-9-4-10-21-19;/h3,6-7,17,19,21H,4-5,8-14H2,1-2H3,(H,22,24);1H. The van der Waals surface area contributed by atoms with Gasteiger partial charge in [0.15, 0.2) is 0 Å². The van der Waals surface area contributed by atoms with Gasteiger partial charge in [0.25, 0.3) is 0 Å². The Bertz CT molecular complexity index is 552. The Labute approximate surface area is 158 Å². The zero-order chi connectivity index (χ0) is 16.9. The van der Waals surface area contributed by atoms with Gasteiger partial charge >= 0.3 is 0 Å². The van der Waals surface area contributed by atoms with Gasteiger partial charge in [-0.2, -0.15) is 0 Å². The molecular formula is C20H32ClN3O. The number of rotatable bonds is 5. The maximum absolute atomic E-state index is 12.2. The van der Waals surface area contributed by atoms with Crippen LogP contribution in [0.25, 0.3) is 0 Å². The first-order chi connectivity index (χ1) is 11.6. The van der Waals surface area contributed by atoms with Crippen molar-refractivity contribution < 1.29 is 4.79 Å². The van der Waals surface area contributed by atoms with E-state index in [4.69, 9.17) is 0 Å². The lowest BCUT2D eigenvalue weighted by atomic mass is 9.96. The maximum Gasteiger partial charge on any atom is 0.237 e. The Morgan fingerprint density at radius 2 is 2.00 bits per heavy atom. The van der Waals surface area contributed by atoms with Crippen LogP contribution in [0.15, 0.2) is 18.2 Å². The Morgan fingerprint density at radius 1 is 1.24 bits per heavy atom. The number of likely N-dealkylation sites (tertiary alicyclic amines) is 1. The van der Waals surface area contributed by atoms with Gasteiger partial charge in [0, 0.05) is 19.6 Å². The van der Waals surface area contributed by atoms with Crippen molar-refractivity contribution in [3.8, 4) is 0 Å². The van der Waals surface area contributed by atoms with Crippen molar-refractivity contribution in [1.82, 2.24) is 15.5 Å². The summed E-state index contributed by atoms with van der Waals surface area (Å²) in [6, 6.07) is 6.59. The van der Waals surface area contributed by atoms with E-state index in [0.29, 0.717) is 5.92 Å². The lowest BCUT2D eigenvalue weighted by molar-refractivity contribution is -0.123. The summed E-state index contributed by atoms with van der Waals surface area (Å²) in [7, 11) is 0. The number of halogens is 1. The fourth-order valence-corrected chi connectivity index (χ4v) is 4.06. The number of hydrogen-bond acceptors (Lipinski definition) is 3. The molecule has 1 aromatic carbocycles. The van der Waals surface area contributed by atoms with Crippen molar-refractivity contribution in [3.63, 3.8) is 0 Å². The summed E-state index contributed by atoms with van der Waals surface area (Å²) in [5.74, 6) is 0.771. The van der Waals surface area contributed by atoms with Crippen molar-refractivity contribution >= 4 is 18.3 Å². The van der Waals surface area contributed by atoms with Crippen molar-refractivity contribution in [2.45, 2.75) is 52.1 Å². The summed E-state index contributed by atoms with van der Waals surface area (Å²) >= 11 is 0. The van der Waals surface area contributed by atoms with Crippen LogP contribution in [0.5, 0.6) is 0 Å². The minimum atomic E-state index is 0. The molecule has 0 aliphatic carbocycles. The summed E-state index contributed by atoms with van der Waals surface area (Å²) in [6.45, 7) is 9.50. The van der Waals surface area contributed by atoms with Gasteiger partial charge < -0.3 is 10.6 Å². The van der Waals surface area contributed by atoms with E-state index in [-0.39, 0.29) is 24.4 Å². The zero-order valence-electron chi connectivity index (χ0n) is 15.5. The molecule has 4 nitrogen and oxygen atoms in total. The highest BCUT2D eigenvalue weighted by molar-refractivity contribution is 5.85. The molecule has 1 aromatic rings. The highest BCUT2D eigenvalue weighted by Crippen LogP contribution is 2.21. The molecule has 2 atom stereocenters. The SMILES string of the molecule is Cc1cccc(C)c1CN1CCCC(CNC(=O)C2CCCN2)C1.Cl. The van der Waals surface area contributed by atoms with Gasteiger partial charge in [-0.05, 0) is 75.2 Å². The fraction of sp³-hybridized carbons (Fsp3) is 0.650. The smallest absolute Gasteiger partial charge is 0.237 e. The number of carbonyl (C=O) groups excluding carboxylic acids is 1. The molecule has 2 aliphatic heterocycles. The van der Waals surface area contributed by atoms with Crippen LogP contribution in [0.1, 0.15) is 42.4 Å². The van der Waals surface area contributed by atoms with E-state index in [1.54, 1.807) is 0 Å². The molecule has 2 heterocycles. The highest BCUT2D eigenvalue weighted by atomic mass is 35.5. The number of nitrogens with zero attached hydrogens (tertiary/aromatic N) is 1. The summed E-state index contributed by atoms with van der Waals surface area (Å²) in [4.78, 5) is 14.7. The van der Waals surface area contributed by atoms with Crippen LogP contribution in [0.3, 0.4) is 0 Å². The molecule has 25 heavy (non-hydrogen) atoms. The third-order valence-corrected chi connectivity index (χ3v) is 5.57. The topological polar surface area (TPSA) is 44.4 Å². The molecule has 140 valence electrons. The van der Waals surface area contributed by atoms with E-state index in [1.807, 2.05) is 0 Å². The van der Waals surface area contributed by atoms with Crippen LogP contribution in [0, 0.1) is 19.8 Å². The van der Waals surface area contributed by atoms with Crippen LogP contribution in [-0.4, -0.2) is 43.0 Å². The number of amides is 1. The number of aryl methyl sites for hydroxylation is 2. The molecule has 0 bridgehead atoms. The molecule has 2 saturated heterocycles. The van der Waals surface area contributed by atoms with Gasteiger partial charge in [0.1, 0.15) is 0 Å². The predicted molar refractivity (Wildman–Crippen MR) is 105 cm³/mol. The minimum Gasteiger partial charge on any atom is -0.354 e. The molecule has 0 aromatic heterocycles. The first-order valence-electron chi connectivity index (χ1n) is 9.42. The Balaban J connectivity index is 0.00000225. The maximum atomic E-state index is 12.2. The van der Waals surface area contributed by atoms with Crippen LogP contribution in [0.2, 0.25) is 0 Å². The second-order valence-corrected chi connectivity index (χ2v) is 7.51. The molecule has 0 saturated carbocycles. The summed E-state index contributed by atoms with van der Waals surface area (Å²) in [5.41, 5.74) is 4.24. The molecule has 2 unspecified atom stereocenters. The van der Waals surface area contributed by atoms with E-state index in [2.05, 4.69) is 47.6 Å². The zero-order valence-corrected chi connectivity index (χ0v) is 16.3. The van der Waals surface area contributed by atoms with E-state index in [1.165, 1.54) is 36.1 Å². The van der Waals surface area contributed by atoms with Crippen LogP contribution in [-0.2, 0) is 11.3 Å². The molecular weight excluding hydrogens is 334 g/mol. The molecule has 0 radical (unpaired) electrons. The first-order valence-corrected chi connectivity index (χ1v) is 9.42. The molecule has 5 heteroatoms. The monoisotopic (exact) mass is 365 g/mol. The van der Waals surface area contributed by atoms with Gasteiger partial charge in [0.2, 0.25) is 5.91 Å². The average molecular weight is 366 g/mol. The summed E-state index contributed by atoms with van der Waals surface area (Å²) in [6.07, 6.45) is 4.55. The minimum absolute atomic E-state index is 0. The lowest BCUT2D eigenvalue weighted by Crippen LogP contribution is -2.45. The predicted octanol–water partition coefficient (Wildman–Crippen LogP) is 2.81. The molecule has 2 fully saturated rings. The number of hydrogen-bond donors (Lipinski definition) is 2. The Kier molecular flexibility index (Phi) is 7.73. The highest BCUT2D eigenvalue weighted by Gasteiger charge is 2.25. The van der Waals surface area contributed by atoms with Gasteiger partial charge in [0.05, 0.1) is 6.04 Å². The largest absolute Gasteiger partial charge is 0.354 e. The molecule has 2 aliphatic rings. The van der Waals surface area contributed by atoms with Gasteiger partial charge in [-0.1, -0.05) is 18.2 Å². The average Bonchev–Trinajstić information content (AvgIpc) is 3.11. The van der Waals surface area contributed by atoms with E-state index in [9.17, 15) is 4.79 Å². The van der Waals surface area contributed by atoms with Crippen molar-refractivity contribution in [1.29, 1.82) is 0 Å². The molecule has 3 rings (SSSR count).